The zero-order valence-electron chi connectivity index (χ0n) is 22.2. The predicted octanol–water partition coefficient (Wildman–Crippen LogP) is 4.64. The molecule has 39 heavy (non-hydrogen) atoms. The molecule has 0 bridgehead atoms. The number of benzene rings is 3. The van der Waals surface area contributed by atoms with Crippen LogP contribution in [-0.4, -0.2) is 54.2 Å². The number of halogens is 1. The van der Waals surface area contributed by atoms with Gasteiger partial charge in [-0.1, -0.05) is 36.4 Å². The Balaban J connectivity index is 1.31. The molecule has 1 aliphatic carbocycles. The second-order valence-corrected chi connectivity index (χ2v) is 10.3. The summed E-state index contributed by atoms with van der Waals surface area (Å²) in [5, 5.41) is 14.1. The molecule has 0 aromatic heterocycles. The van der Waals surface area contributed by atoms with Crippen molar-refractivity contribution >= 4 is 11.8 Å². The third-order valence-corrected chi connectivity index (χ3v) is 8.09. The van der Waals surface area contributed by atoms with Crippen molar-refractivity contribution in [3.05, 3.63) is 88.7 Å². The van der Waals surface area contributed by atoms with Gasteiger partial charge >= 0.3 is 0 Å². The smallest absolute Gasteiger partial charge is 0.258 e. The number of likely N-dealkylation sites (tertiary alicyclic amines) is 1. The van der Waals surface area contributed by atoms with Gasteiger partial charge in [-0.3, -0.25) is 9.59 Å². The number of nitrogens with one attached hydrogen (secondary N) is 1. The van der Waals surface area contributed by atoms with Crippen LogP contribution < -0.4 is 14.8 Å². The average Bonchev–Trinajstić information content (AvgIpc) is 3.48. The Bertz CT molecular complexity index is 1380. The van der Waals surface area contributed by atoms with Gasteiger partial charge in [0.25, 0.3) is 5.91 Å². The van der Waals surface area contributed by atoms with Crippen LogP contribution in [0, 0.1) is 5.82 Å². The van der Waals surface area contributed by atoms with Crippen LogP contribution in [0.4, 0.5) is 4.39 Å². The molecule has 1 aliphatic heterocycles. The maximum Gasteiger partial charge on any atom is 0.258 e. The third kappa shape index (κ3) is 5.15. The first-order chi connectivity index (χ1) is 18.8. The Kier molecular flexibility index (Phi) is 7.46. The molecule has 1 saturated carbocycles. The summed E-state index contributed by atoms with van der Waals surface area (Å²) in [5.74, 6) is -0.442. The second-order valence-electron chi connectivity index (χ2n) is 10.3. The van der Waals surface area contributed by atoms with Crippen molar-refractivity contribution < 1.29 is 28.6 Å². The van der Waals surface area contributed by atoms with Crippen molar-refractivity contribution in [2.75, 3.05) is 20.8 Å². The summed E-state index contributed by atoms with van der Waals surface area (Å²) in [4.78, 5) is 28.7. The minimum absolute atomic E-state index is 0.0864. The molecule has 0 spiro atoms. The number of fused-ring (bicyclic) bond motifs is 1. The van der Waals surface area contributed by atoms with Crippen molar-refractivity contribution in [2.45, 2.75) is 50.1 Å². The molecule has 0 radical (unpaired) electrons. The Morgan fingerprint density at radius 1 is 1.03 bits per heavy atom. The second kappa shape index (κ2) is 11.0. The molecule has 2 amide bonds. The van der Waals surface area contributed by atoms with E-state index in [1.54, 1.807) is 29.2 Å². The van der Waals surface area contributed by atoms with E-state index in [4.69, 9.17) is 9.47 Å². The highest BCUT2D eigenvalue weighted by Gasteiger charge is 2.53. The SMILES string of the molecule is COc1ccc(C(=O)N2CC[C@]3(NC(=O)Cc4ccccc4Cc4ccc(F)cc4)CCC[C@H]23)c(O)c1OC. The van der Waals surface area contributed by atoms with Gasteiger partial charge in [0.2, 0.25) is 11.7 Å². The number of carbonyl (C=O) groups is 2. The molecule has 2 atom stereocenters. The molecular formula is C31H33FN2O5. The Morgan fingerprint density at radius 2 is 1.77 bits per heavy atom. The van der Waals surface area contributed by atoms with E-state index < -0.39 is 5.54 Å². The molecule has 3 aromatic rings. The Morgan fingerprint density at radius 3 is 2.49 bits per heavy atom. The molecule has 1 heterocycles. The maximum absolute atomic E-state index is 13.6. The fraction of sp³-hybridized carbons (Fsp3) is 0.355. The molecule has 2 fully saturated rings. The lowest BCUT2D eigenvalue weighted by molar-refractivity contribution is -0.122. The summed E-state index contributed by atoms with van der Waals surface area (Å²) in [7, 11) is 2.88. The standard InChI is InChI=1S/C31H33FN2O5/c1-38-25-14-13-24(28(36)29(25)39-2)30(37)34-17-16-31(15-5-8-26(31)34)33-27(35)19-22-7-4-3-6-21(22)18-20-9-11-23(32)12-10-20/h3-4,6-7,9-14,26,36H,5,8,15-19H2,1-2H3,(H,33,35)/t26-,31+/m0/s1. The zero-order chi connectivity index (χ0) is 27.6. The summed E-state index contributed by atoms with van der Waals surface area (Å²) in [6.45, 7) is 0.485. The monoisotopic (exact) mass is 532 g/mol. The molecule has 0 unspecified atom stereocenters. The number of hydrogen-bond acceptors (Lipinski definition) is 5. The summed E-state index contributed by atoms with van der Waals surface area (Å²) < 4.78 is 23.8. The van der Waals surface area contributed by atoms with Gasteiger partial charge in [-0.2, -0.15) is 0 Å². The highest BCUT2D eigenvalue weighted by molar-refractivity contribution is 5.98. The lowest BCUT2D eigenvalue weighted by Crippen LogP contribution is -2.54. The largest absolute Gasteiger partial charge is 0.504 e. The summed E-state index contributed by atoms with van der Waals surface area (Å²) in [6, 6.07) is 17.2. The Hall–Kier alpha value is -4.07. The molecule has 2 aliphatic rings. The molecule has 7 nitrogen and oxygen atoms in total. The fourth-order valence-corrected chi connectivity index (χ4v) is 6.18. The number of methoxy groups -OCH3 is 2. The molecule has 3 aromatic carbocycles. The van der Waals surface area contributed by atoms with Crippen LogP contribution in [0.25, 0.3) is 0 Å². The molecular weight excluding hydrogens is 499 g/mol. The number of hydrogen-bond donors (Lipinski definition) is 2. The predicted molar refractivity (Wildman–Crippen MR) is 145 cm³/mol. The van der Waals surface area contributed by atoms with E-state index >= 15 is 0 Å². The number of rotatable bonds is 8. The zero-order valence-corrected chi connectivity index (χ0v) is 22.2. The van der Waals surface area contributed by atoms with Crippen molar-refractivity contribution in [3.63, 3.8) is 0 Å². The molecule has 5 rings (SSSR count). The number of amides is 2. The lowest BCUT2D eigenvalue weighted by atomic mass is 9.91. The first-order valence-corrected chi connectivity index (χ1v) is 13.2. The highest BCUT2D eigenvalue weighted by atomic mass is 19.1. The fourth-order valence-electron chi connectivity index (χ4n) is 6.18. The van der Waals surface area contributed by atoms with Crippen LogP contribution in [0.15, 0.2) is 60.7 Å². The number of ether oxygens (including phenoxy) is 2. The highest BCUT2D eigenvalue weighted by Crippen LogP contribution is 2.44. The van der Waals surface area contributed by atoms with Gasteiger partial charge in [0, 0.05) is 6.54 Å². The van der Waals surface area contributed by atoms with Crippen LogP contribution in [0.2, 0.25) is 0 Å². The van der Waals surface area contributed by atoms with Gasteiger partial charge in [-0.25, -0.2) is 4.39 Å². The van der Waals surface area contributed by atoms with Crippen LogP contribution in [0.3, 0.4) is 0 Å². The Labute approximate surface area is 227 Å². The van der Waals surface area contributed by atoms with Crippen LogP contribution in [0.5, 0.6) is 17.2 Å². The quantitative estimate of drug-likeness (QED) is 0.442. The van der Waals surface area contributed by atoms with E-state index in [1.165, 1.54) is 26.4 Å². The van der Waals surface area contributed by atoms with Gasteiger partial charge in [-0.05, 0) is 73.1 Å². The van der Waals surface area contributed by atoms with E-state index in [-0.39, 0.29) is 47.2 Å². The van der Waals surface area contributed by atoms with E-state index in [0.717, 1.165) is 36.0 Å². The average molecular weight is 533 g/mol. The lowest BCUT2D eigenvalue weighted by Gasteiger charge is -2.33. The van der Waals surface area contributed by atoms with Gasteiger partial charge in [0.05, 0.1) is 37.8 Å². The van der Waals surface area contributed by atoms with E-state index in [1.807, 2.05) is 24.3 Å². The van der Waals surface area contributed by atoms with Gasteiger partial charge in [-0.15, -0.1) is 0 Å². The van der Waals surface area contributed by atoms with E-state index in [9.17, 15) is 19.1 Å². The van der Waals surface area contributed by atoms with E-state index in [2.05, 4.69) is 5.32 Å². The normalized spacial score (nSPS) is 20.0. The van der Waals surface area contributed by atoms with Crippen molar-refractivity contribution in [3.8, 4) is 17.2 Å². The van der Waals surface area contributed by atoms with Crippen molar-refractivity contribution in [1.82, 2.24) is 10.2 Å². The third-order valence-electron chi connectivity index (χ3n) is 8.09. The molecule has 8 heteroatoms. The first-order valence-electron chi connectivity index (χ1n) is 13.2. The minimum atomic E-state index is -0.495. The number of nitrogens with zero attached hydrogens (tertiary/aromatic N) is 1. The summed E-state index contributed by atoms with van der Waals surface area (Å²) >= 11 is 0. The number of aromatic hydroxyl groups is 1. The topological polar surface area (TPSA) is 88.1 Å². The number of phenols is 1. The summed E-state index contributed by atoms with van der Waals surface area (Å²) in [5.41, 5.74) is 2.57. The van der Waals surface area contributed by atoms with Crippen molar-refractivity contribution in [1.29, 1.82) is 0 Å². The van der Waals surface area contributed by atoms with Gasteiger partial charge in [0.15, 0.2) is 11.5 Å². The maximum atomic E-state index is 13.6. The van der Waals surface area contributed by atoms with Crippen molar-refractivity contribution in [2.24, 2.45) is 0 Å². The van der Waals surface area contributed by atoms with Crippen LogP contribution in [-0.2, 0) is 17.6 Å². The molecule has 1 saturated heterocycles. The first kappa shape index (κ1) is 26.5. The molecule has 204 valence electrons. The number of phenolic OH excluding ortho intramolecular Hbond substituents is 1. The van der Waals surface area contributed by atoms with Gasteiger partial charge < -0.3 is 24.8 Å². The van der Waals surface area contributed by atoms with Crippen LogP contribution in [0.1, 0.15) is 52.7 Å². The van der Waals surface area contributed by atoms with Gasteiger partial charge in [0.1, 0.15) is 5.82 Å². The van der Waals surface area contributed by atoms with E-state index in [0.29, 0.717) is 25.1 Å². The summed E-state index contributed by atoms with van der Waals surface area (Å²) in [6.07, 6.45) is 3.95. The number of carbonyl (C=O) groups excluding carboxylic acids is 2. The minimum Gasteiger partial charge on any atom is -0.504 e. The van der Waals surface area contributed by atoms with Crippen LogP contribution >= 0.6 is 0 Å². The molecule has 2 N–H and O–H groups in total.